The fourth-order valence-corrected chi connectivity index (χ4v) is 2.03. The molecule has 1 aromatic carbocycles. The van der Waals surface area contributed by atoms with Crippen LogP contribution in [0, 0.1) is 11.6 Å². The highest BCUT2D eigenvalue weighted by Crippen LogP contribution is 2.23. The van der Waals surface area contributed by atoms with Crippen molar-refractivity contribution in [2.24, 2.45) is 4.99 Å². The van der Waals surface area contributed by atoms with Gasteiger partial charge in [0, 0.05) is 25.7 Å². The van der Waals surface area contributed by atoms with Gasteiger partial charge in [0.2, 0.25) is 0 Å². The Hall–Kier alpha value is -0.960. The van der Waals surface area contributed by atoms with Gasteiger partial charge < -0.3 is 15.5 Å². The Morgan fingerprint density at radius 1 is 1.23 bits per heavy atom. The summed E-state index contributed by atoms with van der Waals surface area (Å²) >= 11 is 0. The van der Waals surface area contributed by atoms with Crippen molar-refractivity contribution in [2.45, 2.75) is 19.4 Å². The van der Waals surface area contributed by atoms with Gasteiger partial charge in [0.1, 0.15) is 11.6 Å². The second-order valence-corrected chi connectivity index (χ2v) is 4.99. The first-order chi connectivity index (χ1) is 10.0. The van der Waals surface area contributed by atoms with E-state index in [4.69, 9.17) is 0 Å². The first-order valence-corrected chi connectivity index (χ1v) is 7.06. The third kappa shape index (κ3) is 6.04. The van der Waals surface area contributed by atoms with E-state index >= 15 is 0 Å². The minimum Gasteiger partial charge on any atom is -0.356 e. The molecule has 0 aliphatic carbocycles. The van der Waals surface area contributed by atoms with E-state index in [1.54, 1.807) is 26.0 Å². The lowest BCUT2D eigenvalue weighted by Crippen LogP contribution is -2.42. The number of guanidine groups is 1. The summed E-state index contributed by atoms with van der Waals surface area (Å²) in [5, 5.41) is 6.23. The molecule has 1 rings (SSSR count). The Morgan fingerprint density at radius 2 is 1.82 bits per heavy atom. The average Bonchev–Trinajstić information content (AvgIpc) is 2.44. The molecule has 0 radical (unpaired) electrons. The lowest BCUT2D eigenvalue weighted by atomic mass is 10.0. The first kappa shape index (κ1) is 21.0. The van der Waals surface area contributed by atoms with Gasteiger partial charge in [-0.1, -0.05) is 13.0 Å². The van der Waals surface area contributed by atoms with Crippen LogP contribution >= 0.6 is 24.0 Å². The Kier molecular flexibility index (Phi) is 10.2. The number of nitrogens with zero attached hydrogens (tertiary/aromatic N) is 2. The summed E-state index contributed by atoms with van der Waals surface area (Å²) in [7, 11) is 5.25. The fraction of sp³-hybridized carbons (Fsp3) is 0.533. The standard InChI is InChI=1S/C15H24F2N4.HI/c1-5-9-19-15(18-2)20-10-13(21(3)4)14-11(16)7-6-8-12(14)17;/h6-8,13H,5,9-10H2,1-4H3,(H2,18,19,20);1H. The van der Waals surface area contributed by atoms with E-state index < -0.39 is 17.7 Å². The zero-order chi connectivity index (χ0) is 15.8. The molecule has 126 valence electrons. The SMILES string of the molecule is CCCNC(=NC)NCC(c1c(F)cccc1F)N(C)C.I. The van der Waals surface area contributed by atoms with Crippen molar-refractivity contribution in [1.29, 1.82) is 0 Å². The molecule has 0 heterocycles. The summed E-state index contributed by atoms with van der Waals surface area (Å²) < 4.78 is 27.9. The van der Waals surface area contributed by atoms with Crippen molar-refractivity contribution in [2.75, 3.05) is 34.2 Å². The normalized spacial score (nSPS) is 12.8. The maximum absolute atomic E-state index is 13.9. The summed E-state index contributed by atoms with van der Waals surface area (Å²) in [5.41, 5.74) is 0.0703. The molecule has 0 bridgehead atoms. The van der Waals surface area contributed by atoms with E-state index in [0.717, 1.165) is 13.0 Å². The molecule has 0 spiro atoms. The molecule has 1 atom stereocenters. The van der Waals surface area contributed by atoms with Gasteiger partial charge >= 0.3 is 0 Å². The summed E-state index contributed by atoms with van der Waals surface area (Å²) in [6, 6.07) is 3.50. The van der Waals surface area contributed by atoms with Crippen LogP contribution in [0.4, 0.5) is 8.78 Å². The van der Waals surface area contributed by atoms with Crippen LogP contribution in [-0.4, -0.2) is 45.1 Å². The van der Waals surface area contributed by atoms with E-state index in [0.29, 0.717) is 12.5 Å². The molecular formula is C15H25F2IN4. The monoisotopic (exact) mass is 426 g/mol. The minimum atomic E-state index is -0.535. The van der Waals surface area contributed by atoms with Crippen LogP contribution in [0.2, 0.25) is 0 Å². The van der Waals surface area contributed by atoms with Gasteiger partial charge in [-0.15, -0.1) is 24.0 Å². The number of nitrogens with one attached hydrogen (secondary N) is 2. The van der Waals surface area contributed by atoms with Crippen molar-refractivity contribution >= 4 is 29.9 Å². The minimum absolute atomic E-state index is 0. The summed E-state index contributed by atoms with van der Waals surface area (Å²) in [4.78, 5) is 5.86. The molecule has 0 aliphatic rings. The Morgan fingerprint density at radius 3 is 2.27 bits per heavy atom. The van der Waals surface area contributed by atoms with Gasteiger partial charge in [0.25, 0.3) is 0 Å². The van der Waals surface area contributed by atoms with Crippen LogP contribution in [0.15, 0.2) is 23.2 Å². The molecule has 4 nitrogen and oxygen atoms in total. The van der Waals surface area contributed by atoms with Crippen molar-refractivity contribution in [3.05, 3.63) is 35.4 Å². The predicted molar refractivity (Wildman–Crippen MR) is 97.9 cm³/mol. The summed E-state index contributed by atoms with van der Waals surface area (Å²) in [6.07, 6.45) is 0.972. The highest BCUT2D eigenvalue weighted by atomic mass is 127. The van der Waals surface area contributed by atoms with E-state index in [1.165, 1.54) is 18.2 Å². The lowest BCUT2D eigenvalue weighted by molar-refractivity contribution is 0.282. The Balaban J connectivity index is 0.00000441. The van der Waals surface area contributed by atoms with Crippen LogP contribution in [0.1, 0.15) is 24.9 Å². The van der Waals surface area contributed by atoms with Crippen molar-refractivity contribution in [1.82, 2.24) is 15.5 Å². The summed E-state index contributed by atoms with van der Waals surface area (Å²) in [5.74, 6) is -0.445. The number of rotatable bonds is 6. The molecule has 0 amide bonds. The first-order valence-electron chi connectivity index (χ1n) is 7.06. The second-order valence-electron chi connectivity index (χ2n) is 4.99. The van der Waals surface area contributed by atoms with Crippen LogP contribution in [0.25, 0.3) is 0 Å². The van der Waals surface area contributed by atoms with Gasteiger partial charge in [-0.25, -0.2) is 8.78 Å². The second kappa shape index (κ2) is 10.7. The number of likely N-dealkylation sites (N-methyl/N-ethyl adjacent to an activating group) is 1. The maximum Gasteiger partial charge on any atom is 0.191 e. The number of halogens is 3. The number of aliphatic imine (C=N–C) groups is 1. The molecule has 0 saturated carbocycles. The predicted octanol–water partition coefficient (Wildman–Crippen LogP) is 2.76. The zero-order valence-electron chi connectivity index (χ0n) is 13.5. The van der Waals surface area contributed by atoms with Gasteiger partial charge in [-0.05, 0) is 32.6 Å². The zero-order valence-corrected chi connectivity index (χ0v) is 15.8. The van der Waals surface area contributed by atoms with Gasteiger partial charge in [0.15, 0.2) is 5.96 Å². The lowest BCUT2D eigenvalue weighted by Gasteiger charge is -2.26. The molecule has 22 heavy (non-hydrogen) atoms. The average molecular weight is 426 g/mol. The molecular weight excluding hydrogens is 401 g/mol. The highest BCUT2D eigenvalue weighted by molar-refractivity contribution is 14.0. The third-order valence-corrected chi connectivity index (χ3v) is 3.19. The third-order valence-electron chi connectivity index (χ3n) is 3.19. The van der Waals surface area contributed by atoms with E-state index in [9.17, 15) is 8.78 Å². The molecule has 0 fully saturated rings. The molecule has 7 heteroatoms. The highest BCUT2D eigenvalue weighted by Gasteiger charge is 2.22. The topological polar surface area (TPSA) is 39.7 Å². The van der Waals surface area contributed by atoms with Crippen LogP contribution in [0.5, 0.6) is 0 Å². The van der Waals surface area contributed by atoms with Gasteiger partial charge in [0.05, 0.1) is 6.04 Å². The molecule has 0 aliphatic heterocycles. The van der Waals surface area contributed by atoms with E-state index in [1.807, 2.05) is 0 Å². The number of hydrogen-bond donors (Lipinski definition) is 2. The Labute approximate surface area is 148 Å². The molecule has 0 saturated heterocycles. The van der Waals surface area contributed by atoms with Crippen LogP contribution < -0.4 is 10.6 Å². The number of hydrogen-bond acceptors (Lipinski definition) is 2. The van der Waals surface area contributed by atoms with Gasteiger partial charge in [-0.2, -0.15) is 0 Å². The number of benzene rings is 1. The smallest absolute Gasteiger partial charge is 0.191 e. The molecule has 1 unspecified atom stereocenters. The van der Waals surface area contributed by atoms with E-state index in [-0.39, 0.29) is 29.5 Å². The fourth-order valence-electron chi connectivity index (χ4n) is 2.03. The van der Waals surface area contributed by atoms with Crippen LogP contribution in [0.3, 0.4) is 0 Å². The van der Waals surface area contributed by atoms with Crippen molar-refractivity contribution in [3.63, 3.8) is 0 Å². The quantitative estimate of drug-likeness (QED) is 0.418. The Bertz CT molecular complexity index is 460. The largest absolute Gasteiger partial charge is 0.356 e. The summed E-state index contributed by atoms with van der Waals surface area (Å²) in [6.45, 7) is 3.20. The maximum atomic E-state index is 13.9. The van der Waals surface area contributed by atoms with Crippen LogP contribution in [-0.2, 0) is 0 Å². The van der Waals surface area contributed by atoms with E-state index in [2.05, 4.69) is 22.5 Å². The van der Waals surface area contributed by atoms with Crippen molar-refractivity contribution in [3.8, 4) is 0 Å². The van der Waals surface area contributed by atoms with Crippen molar-refractivity contribution < 1.29 is 8.78 Å². The molecule has 1 aromatic rings. The molecule has 2 N–H and O–H groups in total. The molecule has 0 aromatic heterocycles. The van der Waals surface area contributed by atoms with Gasteiger partial charge in [-0.3, -0.25) is 4.99 Å².